The predicted octanol–water partition coefficient (Wildman–Crippen LogP) is 0.0457. The zero-order valence-electron chi connectivity index (χ0n) is 12.3. The van der Waals surface area contributed by atoms with Crippen LogP contribution in [0.1, 0.15) is 28.8 Å². The summed E-state index contributed by atoms with van der Waals surface area (Å²) in [4.78, 5) is 16.0. The van der Waals surface area contributed by atoms with Crippen molar-refractivity contribution >= 4 is 27.3 Å². The lowest BCUT2D eigenvalue weighted by Gasteiger charge is -2.17. The quantitative estimate of drug-likeness (QED) is 0.621. The third kappa shape index (κ3) is 6.08. The molecule has 9 heteroatoms. The summed E-state index contributed by atoms with van der Waals surface area (Å²) in [6, 6.07) is 0. The number of amides is 1. The van der Waals surface area contributed by atoms with Gasteiger partial charge in [-0.25, -0.2) is 17.7 Å². The minimum absolute atomic E-state index is 0.239. The molecule has 0 spiro atoms. The van der Waals surface area contributed by atoms with Gasteiger partial charge in [0, 0.05) is 31.4 Å². The summed E-state index contributed by atoms with van der Waals surface area (Å²) in [5.74, 6) is -0.239. The van der Waals surface area contributed by atoms with Crippen LogP contribution < -0.4 is 11.1 Å². The zero-order chi connectivity index (χ0) is 15.9. The van der Waals surface area contributed by atoms with Crippen LogP contribution in [0.4, 0.5) is 0 Å². The lowest BCUT2D eigenvalue weighted by atomic mass is 10.4. The van der Waals surface area contributed by atoms with Crippen molar-refractivity contribution in [3.05, 3.63) is 16.1 Å². The van der Waals surface area contributed by atoms with Gasteiger partial charge in [0.05, 0.1) is 11.3 Å². The molecule has 0 fully saturated rings. The van der Waals surface area contributed by atoms with E-state index in [0.29, 0.717) is 44.7 Å². The topological polar surface area (TPSA) is 105 Å². The van der Waals surface area contributed by atoms with Crippen molar-refractivity contribution in [3.8, 4) is 0 Å². The van der Waals surface area contributed by atoms with E-state index < -0.39 is 10.0 Å². The van der Waals surface area contributed by atoms with Crippen LogP contribution in [0.2, 0.25) is 0 Å². The van der Waals surface area contributed by atoms with E-state index in [0.717, 1.165) is 5.01 Å². The highest BCUT2D eigenvalue weighted by atomic mass is 32.2. The van der Waals surface area contributed by atoms with Crippen molar-refractivity contribution in [2.75, 3.05) is 32.4 Å². The monoisotopic (exact) mass is 334 g/mol. The van der Waals surface area contributed by atoms with Gasteiger partial charge in [0.2, 0.25) is 10.0 Å². The molecule has 0 saturated carbocycles. The molecule has 0 unspecified atom stereocenters. The van der Waals surface area contributed by atoms with E-state index in [2.05, 4.69) is 10.3 Å². The maximum absolute atomic E-state index is 11.8. The molecule has 1 rings (SSSR count). The van der Waals surface area contributed by atoms with Gasteiger partial charge in [-0.3, -0.25) is 4.79 Å². The van der Waals surface area contributed by atoms with Crippen molar-refractivity contribution in [3.63, 3.8) is 0 Å². The Bertz CT molecular complexity index is 557. The Morgan fingerprint density at radius 3 is 2.81 bits per heavy atom. The molecule has 1 aromatic rings. The van der Waals surface area contributed by atoms with Gasteiger partial charge in [-0.05, 0) is 13.0 Å². The van der Waals surface area contributed by atoms with Gasteiger partial charge in [-0.15, -0.1) is 11.3 Å². The average Bonchev–Trinajstić information content (AvgIpc) is 2.86. The van der Waals surface area contributed by atoms with Gasteiger partial charge in [-0.1, -0.05) is 6.92 Å². The molecule has 0 radical (unpaired) electrons. The number of nitrogens with two attached hydrogens (primary N) is 1. The number of carbonyl (C=O) groups excluding carboxylic acids is 1. The van der Waals surface area contributed by atoms with Gasteiger partial charge in [0.25, 0.3) is 5.91 Å². The molecule has 3 N–H and O–H groups in total. The van der Waals surface area contributed by atoms with E-state index in [9.17, 15) is 13.2 Å². The first kappa shape index (κ1) is 18.0. The molecule has 0 aliphatic carbocycles. The maximum Gasteiger partial charge on any atom is 0.270 e. The first-order valence-corrected chi connectivity index (χ1v) is 9.49. The molecule has 1 amide bonds. The molecular formula is C12H22N4O3S2. The third-order valence-corrected chi connectivity index (χ3v) is 5.12. The molecule has 0 aromatic carbocycles. The van der Waals surface area contributed by atoms with Crippen molar-refractivity contribution in [2.45, 2.75) is 19.8 Å². The van der Waals surface area contributed by atoms with Crippen LogP contribution in [0.15, 0.2) is 5.38 Å². The number of nitrogens with zero attached hydrogens (tertiary/aromatic N) is 2. The number of nitrogens with one attached hydrogen (secondary N) is 1. The van der Waals surface area contributed by atoms with Crippen molar-refractivity contribution in [1.82, 2.24) is 14.6 Å². The minimum Gasteiger partial charge on any atom is -0.351 e. The SMILES string of the molecule is CCN(CCCNC(=O)c1csc(CCN)n1)S(C)(=O)=O. The maximum atomic E-state index is 11.8. The summed E-state index contributed by atoms with van der Waals surface area (Å²) >= 11 is 1.41. The van der Waals surface area contributed by atoms with Crippen LogP contribution >= 0.6 is 11.3 Å². The molecule has 1 aromatic heterocycles. The Kier molecular flexibility index (Phi) is 7.23. The molecule has 0 aliphatic heterocycles. The standard InChI is InChI=1S/C12H22N4O3S2/c1-3-16(21(2,18)19)8-4-7-14-12(17)10-9-20-11(15-10)5-6-13/h9H,3-8,13H2,1-2H3,(H,14,17). The molecule has 0 atom stereocenters. The Morgan fingerprint density at radius 1 is 1.52 bits per heavy atom. The number of aromatic nitrogens is 1. The second-order valence-electron chi connectivity index (χ2n) is 4.53. The highest BCUT2D eigenvalue weighted by Crippen LogP contribution is 2.09. The summed E-state index contributed by atoms with van der Waals surface area (Å²) in [6.07, 6.45) is 2.41. The Labute approximate surface area is 129 Å². The van der Waals surface area contributed by atoms with E-state index in [1.807, 2.05) is 0 Å². The fraction of sp³-hybridized carbons (Fsp3) is 0.667. The molecule has 7 nitrogen and oxygen atoms in total. The Balaban J connectivity index is 2.36. The van der Waals surface area contributed by atoms with Crippen LogP contribution in [-0.2, 0) is 16.4 Å². The van der Waals surface area contributed by atoms with Gasteiger partial charge < -0.3 is 11.1 Å². The van der Waals surface area contributed by atoms with Crippen molar-refractivity contribution in [1.29, 1.82) is 0 Å². The number of rotatable bonds is 9. The minimum atomic E-state index is -3.17. The Morgan fingerprint density at radius 2 is 2.24 bits per heavy atom. The van der Waals surface area contributed by atoms with Crippen LogP contribution in [0.3, 0.4) is 0 Å². The van der Waals surface area contributed by atoms with Crippen molar-refractivity contribution < 1.29 is 13.2 Å². The Hall–Kier alpha value is -1.03. The van der Waals surface area contributed by atoms with E-state index in [4.69, 9.17) is 5.73 Å². The predicted molar refractivity (Wildman–Crippen MR) is 83.9 cm³/mol. The van der Waals surface area contributed by atoms with Gasteiger partial charge in [0.1, 0.15) is 5.69 Å². The number of sulfonamides is 1. The molecule has 0 bridgehead atoms. The number of hydrogen-bond acceptors (Lipinski definition) is 6. The van der Waals surface area contributed by atoms with E-state index in [1.165, 1.54) is 21.9 Å². The van der Waals surface area contributed by atoms with Crippen LogP contribution in [0.25, 0.3) is 0 Å². The van der Waals surface area contributed by atoms with Gasteiger partial charge in [-0.2, -0.15) is 0 Å². The number of hydrogen-bond donors (Lipinski definition) is 2. The summed E-state index contributed by atoms with van der Waals surface area (Å²) in [7, 11) is -3.17. The molecule has 0 aliphatic rings. The lowest BCUT2D eigenvalue weighted by molar-refractivity contribution is 0.0948. The second kappa shape index (κ2) is 8.42. The van der Waals surface area contributed by atoms with Gasteiger partial charge in [0.15, 0.2) is 0 Å². The molecule has 120 valence electrons. The smallest absolute Gasteiger partial charge is 0.270 e. The molecule has 21 heavy (non-hydrogen) atoms. The molecular weight excluding hydrogens is 312 g/mol. The van der Waals surface area contributed by atoms with E-state index in [-0.39, 0.29) is 5.91 Å². The van der Waals surface area contributed by atoms with Crippen LogP contribution in [-0.4, -0.2) is 56.0 Å². The highest BCUT2D eigenvalue weighted by molar-refractivity contribution is 7.88. The average molecular weight is 334 g/mol. The van der Waals surface area contributed by atoms with E-state index in [1.54, 1.807) is 12.3 Å². The second-order valence-corrected chi connectivity index (χ2v) is 7.45. The summed E-state index contributed by atoms with van der Waals surface area (Å²) in [5, 5.41) is 5.29. The largest absolute Gasteiger partial charge is 0.351 e. The van der Waals surface area contributed by atoms with Crippen LogP contribution in [0, 0.1) is 0 Å². The number of thiazole rings is 1. The molecule has 1 heterocycles. The highest BCUT2D eigenvalue weighted by Gasteiger charge is 2.14. The third-order valence-electron chi connectivity index (χ3n) is 2.83. The first-order chi connectivity index (χ1) is 9.88. The fourth-order valence-corrected chi connectivity index (χ4v) is 3.48. The summed E-state index contributed by atoms with van der Waals surface area (Å²) in [6.45, 7) is 3.53. The number of carbonyl (C=O) groups is 1. The lowest BCUT2D eigenvalue weighted by Crippen LogP contribution is -2.33. The summed E-state index contributed by atoms with van der Waals surface area (Å²) in [5.41, 5.74) is 5.82. The van der Waals surface area contributed by atoms with Crippen LogP contribution in [0.5, 0.6) is 0 Å². The van der Waals surface area contributed by atoms with Crippen molar-refractivity contribution in [2.24, 2.45) is 5.73 Å². The molecule has 0 saturated heterocycles. The summed E-state index contributed by atoms with van der Waals surface area (Å²) < 4.78 is 24.2. The van der Waals surface area contributed by atoms with E-state index >= 15 is 0 Å². The normalized spacial score (nSPS) is 11.8. The zero-order valence-corrected chi connectivity index (χ0v) is 14.0. The first-order valence-electron chi connectivity index (χ1n) is 6.76. The fourth-order valence-electron chi connectivity index (χ4n) is 1.76. The van der Waals surface area contributed by atoms with Gasteiger partial charge >= 0.3 is 0 Å².